The van der Waals surface area contributed by atoms with Crippen molar-refractivity contribution in [3.05, 3.63) is 71.8 Å². The Morgan fingerprint density at radius 3 is 2.68 bits per heavy atom. The van der Waals surface area contributed by atoms with Gasteiger partial charge in [-0.3, -0.25) is 0 Å². The van der Waals surface area contributed by atoms with E-state index in [4.69, 9.17) is 14.7 Å². The monoisotopic (exact) mass is 333 g/mol. The molecule has 0 aliphatic rings. The summed E-state index contributed by atoms with van der Waals surface area (Å²) < 4.78 is 13.4. The number of nitriles is 1. The van der Waals surface area contributed by atoms with E-state index in [2.05, 4.69) is 11.1 Å². The molecule has 0 spiro atoms. The van der Waals surface area contributed by atoms with Gasteiger partial charge in [0.1, 0.15) is 36.6 Å². The maximum atomic E-state index is 9.15. The van der Waals surface area contributed by atoms with Gasteiger partial charge < -0.3 is 14.0 Å². The standard InChI is InChI=1S/C20H19N3O2/c1-15-6-7-20(17(12-15)14-21)25-11-10-24-19-5-3-4-18(13-19)23-9-8-22-16(23)2/h3-9,12-13H,10-11H2,1-2H3. The van der Waals surface area contributed by atoms with Gasteiger partial charge in [-0.25, -0.2) is 4.98 Å². The van der Waals surface area contributed by atoms with Crippen LogP contribution in [0.15, 0.2) is 54.9 Å². The maximum Gasteiger partial charge on any atom is 0.137 e. The Hall–Kier alpha value is -3.26. The minimum Gasteiger partial charge on any atom is -0.490 e. The number of imidazole rings is 1. The Labute approximate surface area is 147 Å². The van der Waals surface area contributed by atoms with Crippen molar-refractivity contribution < 1.29 is 9.47 Å². The summed E-state index contributed by atoms with van der Waals surface area (Å²) in [7, 11) is 0. The molecule has 0 bridgehead atoms. The number of aryl methyl sites for hydroxylation is 2. The predicted octanol–water partition coefficient (Wildman–Crippen LogP) is 3.82. The Morgan fingerprint density at radius 2 is 1.92 bits per heavy atom. The van der Waals surface area contributed by atoms with Crippen molar-refractivity contribution in [2.75, 3.05) is 13.2 Å². The number of rotatable bonds is 6. The molecule has 3 aromatic rings. The van der Waals surface area contributed by atoms with Crippen LogP contribution in [0.3, 0.4) is 0 Å². The van der Waals surface area contributed by atoms with Gasteiger partial charge in [0.25, 0.3) is 0 Å². The van der Waals surface area contributed by atoms with Crippen LogP contribution in [0.4, 0.5) is 0 Å². The topological polar surface area (TPSA) is 60.1 Å². The molecular weight excluding hydrogens is 314 g/mol. The number of benzene rings is 2. The highest BCUT2D eigenvalue weighted by Crippen LogP contribution is 2.20. The highest BCUT2D eigenvalue weighted by atomic mass is 16.5. The summed E-state index contributed by atoms with van der Waals surface area (Å²) in [6.07, 6.45) is 3.68. The summed E-state index contributed by atoms with van der Waals surface area (Å²) >= 11 is 0. The van der Waals surface area contributed by atoms with E-state index in [-0.39, 0.29) is 0 Å². The van der Waals surface area contributed by atoms with Crippen molar-refractivity contribution >= 4 is 0 Å². The molecule has 1 heterocycles. The third kappa shape index (κ3) is 3.99. The van der Waals surface area contributed by atoms with Crippen molar-refractivity contribution in [3.63, 3.8) is 0 Å². The first kappa shape index (κ1) is 16.6. The van der Waals surface area contributed by atoms with E-state index < -0.39 is 0 Å². The zero-order valence-corrected chi connectivity index (χ0v) is 14.3. The predicted molar refractivity (Wildman–Crippen MR) is 95.2 cm³/mol. The second-order valence-corrected chi connectivity index (χ2v) is 5.65. The molecule has 0 saturated carbocycles. The molecule has 0 N–H and O–H groups in total. The average molecular weight is 333 g/mol. The van der Waals surface area contributed by atoms with Crippen molar-refractivity contribution in [1.29, 1.82) is 5.26 Å². The molecule has 126 valence electrons. The fourth-order valence-corrected chi connectivity index (χ4v) is 2.54. The van der Waals surface area contributed by atoms with Gasteiger partial charge in [-0.15, -0.1) is 0 Å². The number of aromatic nitrogens is 2. The Kier molecular flexibility index (Phi) is 5.00. The summed E-state index contributed by atoms with van der Waals surface area (Å²) in [5.74, 6) is 2.27. The van der Waals surface area contributed by atoms with Crippen LogP contribution < -0.4 is 9.47 Å². The molecule has 0 amide bonds. The van der Waals surface area contributed by atoms with Crippen molar-refractivity contribution in [2.24, 2.45) is 0 Å². The van der Waals surface area contributed by atoms with Crippen LogP contribution in [0.1, 0.15) is 17.0 Å². The summed E-state index contributed by atoms with van der Waals surface area (Å²) in [5, 5.41) is 9.15. The van der Waals surface area contributed by atoms with Crippen LogP contribution in [-0.2, 0) is 0 Å². The van der Waals surface area contributed by atoms with E-state index in [1.807, 2.05) is 67.1 Å². The first-order valence-corrected chi connectivity index (χ1v) is 8.04. The van der Waals surface area contributed by atoms with Crippen LogP contribution >= 0.6 is 0 Å². The quantitative estimate of drug-likeness (QED) is 0.644. The van der Waals surface area contributed by atoms with Crippen LogP contribution in [0.5, 0.6) is 11.5 Å². The normalized spacial score (nSPS) is 10.3. The van der Waals surface area contributed by atoms with Crippen LogP contribution in [-0.4, -0.2) is 22.8 Å². The second-order valence-electron chi connectivity index (χ2n) is 5.65. The zero-order chi connectivity index (χ0) is 17.6. The van der Waals surface area contributed by atoms with Gasteiger partial charge in [-0.1, -0.05) is 12.1 Å². The molecule has 0 fully saturated rings. The molecule has 1 aromatic heterocycles. The van der Waals surface area contributed by atoms with Gasteiger partial charge in [-0.05, 0) is 43.7 Å². The van der Waals surface area contributed by atoms with E-state index in [0.29, 0.717) is 24.5 Å². The number of ether oxygens (including phenoxy) is 2. The number of hydrogen-bond donors (Lipinski definition) is 0. The summed E-state index contributed by atoms with van der Waals surface area (Å²) in [6, 6.07) is 15.5. The Balaban J connectivity index is 1.58. The molecule has 0 atom stereocenters. The van der Waals surface area contributed by atoms with Crippen molar-refractivity contribution in [1.82, 2.24) is 9.55 Å². The van der Waals surface area contributed by atoms with E-state index in [1.54, 1.807) is 6.20 Å². The molecule has 3 rings (SSSR count). The van der Waals surface area contributed by atoms with Crippen LogP contribution in [0.2, 0.25) is 0 Å². The molecule has 0 unspecified atom stereocenters. The van der Waals surface area contributed by atoms with Gasteiger partial charge in [0, 0.05) is 18.5 Å². The first-order chi connectivity index (χ1) is 12.2. The molecule has 25 heavy (non-hydrogen) atoms. The molecule has 5 nitrogen and oxygen atoms in total. The minimum atomic E-state index is 0.367. The highest BCUT2D eigenvalue weighted by Gasteiger charge is 2.05. The second kappa shape index (κ2) is 7.54. The molecule has 0 saturated heterocycles. The lowest BCUT2D eigenvalue weighted by atomic mass is 10.1. The van der Waals surface area contributed by atoms with Gasteiger partial charge in [-0.2, -0.15) is 5.26 Å². The molecule has 2 aromatic carbocycles. The molecular formula is C20H19N3O2. The van der Waals surface area contributed by atoms with Crippen molar-refractivity contribution in [3.8, 4) is 23.3 Å². The third-order valence-electron chi connectivity index (χ3n) is 3.79. The first-order valence-electron chi connectivity index (χ1n) is 8.04. The molecule has 0 aliphatic heterocycles. The Morgan fingerprint density at radius 1 is 1.08 bits per heavy atom. The zero-order valence-electron chi connectivity index (χ0n) is 14.3. The Bertz CT molecular complexity index is 909. The summed E-state index contributed by atoms with van der Waals surface area (Å²) in [4.78, 5) is 4.23. The SMILES string of the molecule is Cc1ccc(OCCOc2cccc(-n3ccnc3C)c2)c(C#N)c1. The summed E-state index contributed by atoms with van der Waals surface area (Å²) in [5.41, 5.74) is 2.57. The van der Waals surface area contributed by atoms with E-state index in [0.717, 1.165) is 22.8 Å². The van der Waals surface area contributed by atoms with Gasteiger partial charge in [0.05, 0.1) is 11.3 Å². The van der Waals surface area contributed by atoms with Crippen LogP contribution in [0, 0.1) is 25.2 Å². The van der Waals surface area contributed by atoms with E-state index in [1.165, 1.54) is 0 Å². The molecule has 5 heteroatoms. The minimum absolute atomic E-state index is 0.367. The van der Waals surface area contributed by atoms with Gasteiger partial charge >= 0.3 is 0 Å². The largest absolute Gasteiger partial charge is 0.490 e. The van der Waals surface area contributed by atoms with Gasteiger partial charge in [0.2, 0.25) is 0 Å². The van der Waals surface area contributed by atoms with Crippen LogP contribution in [0.25, 0.3) is 5.69 Å². The fourth-order valence-electron chi connectivity index (χ4n) is 2.54. The maximum absolute atomic E-state index is 9.15. The molecule has 0 aliphatic carbocycles. The summed E-state index contributed by atoms with van der Waals surface area (Å²) in [6.45, 7) is 4.66. The number of hydrogen-bond acceptors (Lipinski definition) is 4. The highest BCUT2D eigenvalue weighted by molar-refractivity contribution is 5.45. The number of nitrogens with zero attached hydrogens (tertiary/aromatic N) is 3. The van der Waals surface area contributed by atoms with E-state index >= 15 is 0 Å². The fraction of sp³-hybridized carbons (Fsp3) is 0.200. The smallest absolute Gasteiger partial charge is 0.137 e. The lowest BCUT2D eigenvalue weighted by molar-refractivity contribution is 0.217. The third-order valence-corrected chi connectivity index (χ3v) is 3.79. The van der Waals surface area contributed by atoms with E-state index in [9.17, 15) is 0 Å². The van der Waals surface area contributed by atoms with Gasteiger partial charge in [0.15, 0.2) is 0 Å². The molecule has 0 radical (unpaired) electrons. The van der Waals surface area contributed by atoms with Crippen molar-refractivity contribution in [2.45, 2.75) is 13.8 Å². The average Bonchev–Trinajstić information content (AvgIpc) is 3.06. The lowest BCUT2D eigenvalue weighted by Gasteiger charge is -2.11. The lowest BCUT2D eigenvalue weighted by Crippen LogP contribution is -2.10.